The third-order valence-corrected chi connectivity index (χ3v) is 5.18. The summed E-state index contributed by atoms with van der Waals surface area (Å²) in [6, 6.07) is 10.4. The number of primary amides is 1. The van der Waals surface area contributed by atoms with Gasteiger partial charge in [0.1, 0.15) is 5.82 Å². The van der Waals surface area contributed by atoms with E-state index in [1.165, 1.54) is 12.1 Å². The number of anilines is 2. The van der Waals surface area contributed by atoms with E-state index in [4.69, 9.17) is 10.4 Å². The van der Waals surface area contributed by atoms with Crippen molar-refractivity contribution in [1.82, 2.24) is 4.81 Å². The molecule has 0 aromatic heterocycles. The van der Waals surface area contributed by atoms with Crippen molar-refractivity contribution in [2.24, 2.45) is 5.73 Å². The SMILES string of the molecule is CO[B]N1CCC(N(C(=O)Nc2ccc(C)c(C(N)=O)c2)c2cccc(F)c2)CC1. The van der Waals surface area contributed by atoms with Crippen molar-refractivity contribution < 1.29 is 18.6 Å². The number of piperidine rings is 1. The van der Waals surface area contributed by atoms with E-state index < -0.39 is 17.8 Å². The molecule has 0 atom stereocenters. The number of hydrogen-bond donors (Lipinski definition) is 2. The highest BCUT2D eigenvalue weighted by Crippen LogP contribution is 2.26. The number of urea groups is 1. The van der Waals surface area contributed by atoms with E-state index in [1.54, 1.807) is 56.9 Å². The van der Waals surface area contributed by atoms with E-state index in [0.29, 0.717) is 42.9 Å². The Morgan fingerprint density at radius 1 is 1.23 bits per heavy atom. The molecular formula is C21H25BFN4O3. The highest BCUT2D eigenvalue weighted by atomic mass is 19.1. The molecule has 3 amide bonds. The van der Waals surface area contributed by atoms with Crippen LogP contribution in [0, 0.1) is 12.7 Å². The summed E-state index contributed by atoms with van der Waals surface area (Å²) in [7, 11) is 3.26. The molecule has 157 valence electrons. The Hall–Kier alpha value is -2.91. The summed E-state index contributed by atoms with van der Waals surface area (Å²) < 4.78 is 19.0. The molecular weight excluding hydrogens is 386 g/mol. The highest BCUT2D eigenvalue weighted by molar-refractivity contribution is 6.23. The van der Waals surface area contributed by atoms with Gasteiger partial charge in [0.2, 0.25) is 5.91 Å². The summed E-state index contributed by atoms with van der Waals surface area (Å²) in [5, 5.41) is 2.83. The minimum Gasteiger partial charge on any atom is -0.427 e. The molecule has 3 rings (SSSR count). The van der Waals surface area contributed by atoms with E-state index in [-0.39, 0.29) is 6.04 Å². The fraction of sp³-hybridized carbons (Fsp3) is 0.333. The second kappa shape index (κ2) is 9.73. The Bertz CT molecular complexity index is 919. The number of hydrogen-bond acceptors (Lipinski definition) is 4. The molecule has 1 fully saturated rings. The van der Waals surface area contributed by atoms with E-state index in [0.717, 1.165) is 5.56 Å². The molecule has 30 heavy (non-hydrogen) atoms. The first-order chi connectivity index (χ1) is 14.4. The normalized spacial score (nSPS) is 14.9. The average molecular weight is 411 g/mol. The zero-order chi connectivity index (χ0) is 21.7. The van der Waals surface area contributed by atoms with Gasteiger partial charge in [-0.05, 0) is 68.8 Å². The molecule has 0 bridgehead atoms. The lowest BCUT2D eigenvalue weighted by molar-refractivity contribution is 0.0999. The zero-order valence-electron chi connectivity index (χ0n) is 17.1. The Kier molecular flexibility index (Phi) is 7.07. The van der Waals surface area contributed by atoms with E-state index in [1.807, 2.05) is 4.81 Å². The number of halogens is 1. The van der Waals surface area contributed by atoms with Crippen LogP contribution in [0.2, 0.25) is 0 Å². The molecule has 7 nitrogen and oxygen atoms in total. The largest absolute Gasteiger partial charge is 0.427 e. The first kappa shape index (κ1) is 21.8. The monoisotopic (exact) mass is 411 g/mol. The molecule has 1 heterocycles. The maximum atomic E-state index is 13.9. The zero-order valence-corrected chi connectivity index (χ0v) is 17.1. The van der Waals surface area contributed by atoms with Gasteiger partial charge in [-0.1, -0.05) is 12.1 Å². The van der Waals surface area contributed by atoms with E-state index >= 15 is 0 Å². The van der Waals surface area contributed by atoms with Crippen LogP contribution in [0.5, 0.6) is 0 Å². The highest BCUT2D eigenvalue weighted by Gasteiger charge is 2.30. The number of nitrogens with one attached hydrogen (secondary N) is 1. The number of amides is 3. The number of benzene rings is 2. The van der Waals surface area contributed by atoms with Gasteiger partial charge in [-0.15, -0.1) is 0 Å². The second-order valence-corrected chi connectivity index (χ2v) is 7.28. The third-order valence-electron chi connectivity index (χ3n) is 5.18. The van der Waals surface area contributed by atoms with Crippen molar-refractivity contribution in [2.75, 3.05) is 30.4 Å². The molecule has 0 saturated carbocycles. The van der Waals surface area contributed by atoms with E-state index in [2.05, 4.69) is 5.32 Å². The molecule has 2 aromatic carbocycles. The maximum Gasteiger partial charge on any atom is 0.398 e. The molecule has 1 radical (unpaired) electrons. The molecule has 1 saturated heterocycles. The summed E-state index contributed by atoms with van der Waals surface area (Å²) in [6.07, 6.45) is 1.40. The molecule has 1 aliphatic rings. The Balaban J connectivity index is 1.84. The summed E-state index contributed by atoms with van der Waals surface area (Å²) >= 11 is 0. The summed E-state index contributed by atoms with van der Waals surface area (Å²) in [6.45, 7) is 3.21. The van der Waals surface area contributed by atoms with Crippen LogP contribution in [0.15, 0.2) is 42.5 Å². The topological polar surface area (TPSA) is 87.9 Å². The number of nitrogens with two attached hydrogens (primary N) is 1. The first-order valence-corrected chi connectivity index (χ1v) is 9.75. The molecule has 0 aliphatic carbocycles. The number of rotatable bonds is 6. The van der Waals surface area contributed by atoms with Gasteiger partial charge in [0.15, 0.2) is 0 Å². The summed E-state index contributed by atoms with van der Waals surface area (Å²) in [5.41, 5.74) is 7.41. The van der Waals surface area contributed by atoms with Crippen molar-refractivity contribution in [2.45, 2.75) is 25.8 Å². The molecule has 0 spiro atoms. The molecule has 9 heteroatoms. The van der Waals surface area contributed by atoms with Crippen LogP contribution in [0.4, 0.5) is 20.6 Å². The predicted octanol–water partition coefficient (Wildman–Crippen LogP) is 2.92. The number of aryl methyl sites for hydroxylation is 1. The Morgan fingerprint density at radius 2 is 1.97 bits per heavy atom. The van der Waals surface area contributed by atoms with E-state index in [9.17, 15) is 14.0 Å². The third kappa shape index (κ3) is 5.17. The van der Waals surface area contributed by atoms with Crippen molar-refractivity contribution in [3.05, 3.63) is 59.4 Å². The first-order valence-electron chi connectivity index (χ1n) is 9.75. The average Bonchev–Trinajstić information content (AvgIpc) is 2.71. The molecule has 2 aromatic rings. The Labute approximate surface area is 176 Å². The number of carbonyl (C=O) groups excluding carboxylic acids is 2. The number of nitrogens with zero attached hydrogens (tertiary/aromatic N) is 2. The second-order valence-electron chi connectivity index (χ2n) is 7.28. The minimum absolute atomic E-state index is 0.116. The molecule has 1 aliphatic heterocycles. The fourth-order valence-corrected chi connectivity index (χ4v) is 3.67. The van der Waals surface area contributed by atoms with Crippen LogP contribution < -0.4 is 16.0 Å². The lowest BCUT2D eigenvalue weighted by Crippen LogP contribution is -2.50. The van der Waals surface area contributed by atoms with Gasteiger partial charge in [0, 0.05) is 30.1 Å². The minimum atomic E-state index is -0.563. The molecule has 3 N–H and O–H groups in total. The Morgan fingerprint density at radius 3 is 2.60 bits per heavy atom. The lowest BCUT2D eigenvalue weighted by atomic mass is 9.98. The van der Waals surface area contributed by atoms with Crippen LogP contribution in [-0.4, -0.2) is 50.6 Å². The van der Waals surface area contributed by atoms with Crippen molar-refractivity contribution >= 4 is 30.9 Å². The van der Waals surface area contributed by atoms with Gasteiger partial charge in [-0.2, -0.15) is 0 Å². The predicted molar refractivity (Wildman–Crippen MR) is 115 cm³/mol. The van der Waals surface area contributed by atoms with Gasteiger partial charge in [-0.3, -0.25) is 9.69 Å². The van der Waals surface area contributed by atoms with Crippen LogP contribution in [0.25, 0.3) is 0 Å². The standard InChI is InChI=1S/C21H25BFN4O3/c1-14-6-7-16(13-19(14)20(24)28)25-21(29)27(18-5-3-4-15(23)12-18)17-8-10-26(11-9-17)22-30-2/h3-7,12-13,17H,8-11H2,1-2H3,(H2,24,28)(H,25,29). The van der Waals surface area contributed by atoms with Gasteiger partial charge in [0.05, 0.1) is 0 Å². The lowest BCUT2D eigenvalue weighted by Gasteiger charge is -2.38. The van der Waals surface area contributed by atoms with Crippen LogP contribution in [0.3, 0.4) is 0 Å². The van der Waals surface area contributed by atoms with Crippen molar-refractivity contribution in [1.29, 1.82) is 0 Å². The quantitative estimate of drug-likeness (QED) is 0.716. The van der Waals surface area contributed by atoms with Crippen LogP contribution in [0.1, 0.15) is 28.8 Å². The van der Waals surface area contributed by atoms with Gasteiger partial charge < -0.3 is 20.5 Å². The van der Waals surface area contributed by atoms with Crippen molar-refractivity contribution in [3.63, 3.8) is 0 Å². The number of carbonyl (C=O) groups is 2. The van der Waals surface area contributed by atoms with Gasteiger partial charge >= 0.3 is 13.6 Å². The van der Waals surface area contributed by atoms with Crippen LogP contribution in [-0.2, 0) is 4.65 Å². The van der Waals surface area contributed by atoms with Crippen molar-refractivity contribution in [3.8, 4) is 0 Å². The maximum absolute atomic E-state index is 13.9. The van der Waals surface area contributed by atoms with Gasteiger partial charge in [0.25, 0.3) is 0 Å². The smallest absolute Gasteiger partial charge is 0.398 e. The van der Waals surface area contributed by atoms with Gasteiger partial charge in [-0.25, -0.2) is 9.18 Å². The summed E-state index contributed by atoms with van der Waals surface area (Å²) in [4.78, 5) is 28.5. The van der Waals surface area contributed by atoms with Crippen LogP contribution >= 0.6 is 0 Å². The fourth-order valence-electron chi connectivity index (χ4n) is 3.67. The molecule has 0 unspecified atom stereocenters. The summed E-state index contributed by atoms with van der Waals surface area (Å²) in [5.74, 6) is -0.978.